The lowest BCUT2D eigenvalue weighted by atomic mass is 9.78. The minimum Gasteiger partial charge on any atom is -0.491 e. The van der Waals surface area contributed by atoms with E-state index in [1.54, 1.807) is 0 Å². The number of rotatable bonds is 11. The van der Waals surface area contributed by atoms with Gasteiger partial charge >= 0.3 is 0 Å². The van der Waals surface area contributed by atoms with Crippen LogP contribution < -0.4 is 9.47 Å². The Balaban J connectivity index is 1.57. The first kappa shape index (κ1) is 26.3. The quantitative estimate of drug-likeness (QED) is 0.421. The van der Waals surface area contributed by atoms with Crippen LogP contribution in [0.15, 0.2) is 46.9 Å². The van der Waals surface area contributed by atoms with E-state index in [-0.39, 0.29) is 24.5 Å². The molecule has 2 aromatic rings. The smallest absolute Gasteiger partial charge is 0.133 e. The zero-order valence-corrected chi connectivity index (χ0v) is 21.5. The third-order valence-electron chi connectivity index (χ3n) is 5.85. The second kappa shape index (κ2) is 12.4. The zero-order valence-electron chi connectivity index (χ0n) is 19.2. The van der Waals surface area contributed by atoms with Crippen LogP contribution in [0.3, 0.4) is 0 Å². The van der Waals surface area contributed by atoms with E-state index in [0.29, 0.717) is 25.5 Å². The van der Waals surface area contributed by atoms with Crippen molar-refractivity contribution in [3.8, 4) is 11.5 Å². The summed E-state index contributed by atoms with van der Waals surface area (Å²) in [6.45, 7) is 8.44. The van der Waals surface area contributed by atoms with E-state index in [1.165, 1.54) is 0 Å². The summed E-state index contributed by atoms with van der Waals surface area (Å²) in [5.41, 5.74) is 2.02. The molecular weight excluding hydrogens is 510 g/mol. The first-order valence-electron chi connectivity index (χ1n) is 11.2. The molecule has 0 aliphatic carbocycles. The Bertz CT molecular complexity index is 874. The highest BCUT2D eigenvalue weighted by atomic mass is 79.9. The van der Waals surface area contributed by atoms with Crippen molar-refractivity contribution >= 4 is 27.5 Å². The number of ether oxygens (including phenoxy) is 3. The topological polar surface area (TPSA) is 71.4 Å². The standard InChI is InChI=1S/C25H33BrClNO5/c1-25(2,19-5-8-24(23(26)13-19)33-16-20(29)14-27)18-3-6-22(7-4-18)32-17-21(30)15-28-9-11-31-12-10-28/h3-8,13,20-21,29-30H,9-12,14-17H2,1-2H3/t20-,21+/m0/s1. The van der Waals surface area contributed by atoms with Crippen molar-refractivity contribution in [3.05, 3.63) is 58.1 Å². The molecule has 1 heterocycles. The molecule has 0 spiro atoms. The van der Waals surface area contributed by atoms with Crippen LogP contribution in [0.1, 0.15) is 25.0 Å². The molecule has 0 saturated carbocycles. The van der Waals surface area contributed by atoms with E-state index < -0.39 is 12.2 Å². The Labute approximate surface area is 209 Å². The number of nitrogens with zero attached hydrogens (tertiary/aromatic N) is 1. The summed E-state index contributed by atoms with van der Waals surface area (Å²) in [4.78, 5) is 2.19. The lowest BCUT2D eigenvalue weighted by molar-refractivity contribution is 0.00465. The third kappa shape index (κ3) is 7.57. The van der Waals surface area contributed by atoms with Crippen LogP contribution in [0, 0.1) is 0 Å². The Morgan fingerprint density at radius 2 is 1.64 bits per heavy atom. The summed E-state index contributed by atoms with van der Waals surface area (Å²) in [5.74, 6) is 1.53. The van der Waals surface area contributed by atoms with Crippen molar-refractivity contribution in [2.75, 3.05) is 51.9 Å². The summed E-state index contributed by atoms with van der Waals surface area (Å²) in [6, 6.07) is 14.0. The van der Waals surface area contributed by atoms with Crippen molar-refractivity contribution in [2.45, 2.75) is 31.5 Å². The molecule has 1 fully saturated rings. The number of hydrogen-bond acceptors (Lipinski definition) is 6. The number of benzene rings is 2. The molecule has 6 nitrogen and oxygen atoms in total. The first-order valence-corrected chi connectivity index (χ1v) is 12.5. The van der Waals surface area contributed by atoms with Gasteiger partial charge in [0.2, 0.25) is 0 Å². The fourth-order valence-corrected chi connectivity index (χ4v) is 4.28. The number of β-amino-alcohol motifs (C(OH)–C–C–N with tert-alkyl or cyclic N) is 1. The second-order valence-corrected chi connectivity index (χ2v) is 9.95. The van der Waals surface area contributed by atoms with Crippen LogP contribution in [-0.4, -0.2) is 79.3 Å². The van der Waals surface area contributed by atoms with Gasteiger partial charge < -0.3 is 24.4 Å². The third-order valence-corrected chi connectivity index (χ3v) is 6.83. The van der Waals surface area contributed by atoms with Crippen LogP contribution in [0.5, 0.6) is 11.5 Å². The second-order valence-electron chi connectivity index (χ2n) is 8.79. The van der Waals surface area contributed by atoms with Crippen molar-refractivity contribution in [1.29, 1.82) is 0 Å². The molecule has 33 heavy (non-hydrogen) atoms. The minimum atomic E-state index is -0.698. The average molecular weight is 543 g/mol. The molecule has 1 aliphatic heterocycles. The monoisotopic (exact) mass is 541 g/mol. The van der Waals surface area contributed by atoms with Gasteiger partial charge in [0.05, 0.1) is 23.6 Å². The van der Waals surface area contributed by atoms with Gasteiger partial charge in [0.1, 0.15) is 36.9 Å². The maximum absolute atomic E-state index is 10.3. The SMILES string of the molecule is CC(C)(c1ccc(OC[C@H](O)CN2CCOCC2)cc1)c1ccc(OC[C@@H](O)CCl)c(Br)c1. The van der Waals surface area contributed by atoms with Gasteiger partial charge in [-0.2, -0.15) is 0 Å². The summed E-state index contributed by atoms with van der Waals surface area (Å²) in [5, 5.41) is 19.9. The van der Waals surface area contributed by atoms with Gasteiger partial charge in [-0.3, -0.25) is 4.90 Å². The number of morpholine rings is 1. The van der Waals surface area contributed by atoms with E-state index in [1.807, 2.05) is 30.3 Å². The summed E-state index contributed by atoms with van der Waals surface area (Å²) < 4.78 is 17.6. The van der Waals surface area contributed by atoms with E-state index in [2.05, 4.69) is 46.8 Å². The molecule has 1 saturated heterocycles. The minimum absolute atomic E-state index is 0.134. The predicted octanol–water partition coefficient (Wildman–Crippen LogP) is 3.83. The highest BCUT2D eigenvalue weighted by Crippen LogP contribution is 2.36. The molecule has 8 heteroatoms. The highest BCUT2D eigenvalue weighted by Gasteiger charge is 2.24. The zero-order chi connectivity index (χ0) is 23.8. The molecule has 0 bridgehead atoms. The molecule has 2 N–H and O–H groups in total. The average Bonchev–Trinajstić information content (AvgIpc) is 2.82. The largest absolute Gasteiger partial charge is 0.491 e. The highest BCUT2D eigenvalue weighted by molar-refractivity contribution is 9.10. The molecule has 182 valence electrons. The molecule has 2 atom stereocenters. The maximum Gasteiger partial charge on any atom is 0.133 e. The van der Waals surface area contributed by atoms with Crippen molar-refractivity contribution in [3.63, 3.8) is 0 Å². The Morgan fingerprint density at radius 1 is 1.00 bits per heavy atom. The van der Waals surface area contributed by atoms with Gasteiger partial charge in [0, 0.05) is 25.0 Å². The maximum atomic E-state index is 10.3. The lowest BCUT2D eigenvalue weighted by Crippen LogP contribution is -2.42. The van der Waals surface area contributed by atoms with Crippen LogP contribution in [0.25, 0.3) is 0 Å². The van der Waals surface area contributed by atoms with E-state index >= 15 is 0 Å². The number of alkyl halides is 1. The predicted molar refractivity (Wildman–Crippen MR) is 134 cm³/mol. The fraction of sp³-hybridized carbons (Fsp3) is 0.520. The van der Waals surface area contributed by atoms with Gasteiger partial charge in [-0.25, -0.2) is 0 Å². The van der Waals surface area contributed by atoms with Gasteiger partial charge in [-0.1, -0.05) is 32.0 Å². The Kier molecular flexibility index (Phi) is 9.85. The Hall–Kier alpha value is -1.35. The van der Waals surface area contributed by atoms with Crippen molar-refractivity contribution < 1.29 is 24.4 Å². The van der Waals surface area contributed by atoms with Gasteiger partial charge in [0.15, 0.2) is 0 Å². The number of halogens is 2. The summed E-state index contributed by atoms with van der Waals surface area (Å²) in [6.07, 6.45) is -1.24. The van der Waals surface area contributed by atoms with Crippen LogP contribution >= 0.6 is 27.5 Å². The van der Waals surface area contributed by atoms with Crippen LogP contribution in [-0.2, 0) is 10.2 Å². The van der Waals surface area contributed by atoms with Crippen LogP contribution in [0.4, 0.5) is 0 Å². The van der Waals surface area contributed by atoms with E-state index in [9.17, 15) is 10.2 Å². The Morgan fingerprint density at radius 3 is 2.27 bits per heavy atom. The molecule has 0 aromatic heterocycles. The fourth-order valence-electron chi connectivity index (χ4n) is 3.70. The van der Waals surface area contributed by atoms with Gasteiger partial charge in [-0.05, 0) is 51.3 Å². The number of aliphatic hydroxyl groups excluding tert-OH is 2. The first-order chi connectivity index (χ1) is 15.8. The molecule has 3 rings (SSSR count). The van der Waals surface area contributed by atoms with Crippen molar-refractivity contribution in [2.24, 2.45) is 0 Å². The van der Waals surface area contributed by atoms with E-state index in [0.717, 1.165) is 34.4 Å². The van der Waals surface area contributed by atoms with Gasteiger partial charge in [-0.15, -0.1) is 11.6 Å². The molecule has 0 radical (unpaired) electrons. The van der Waals surface area contributed by atoms with Crippen molar-refractivity contribution in [1.82, 2.24) is 4.90 Å². The van der Waals surface area contributed by atoms with Crippen LogP contribution in [0.2, 0.25) is 0 Å². The number of hydrogen-bond donors (Lipinski definition) is 2. The normalized spacial score (nSPS) is 16.9. The molecule has 1 aliphatic rings. The molecule has 0 amide bonds. The number of aliphatic hydroxyl groups is 2. The molecule has 2 aromatic carbocycles. The summed E-state index contributed by atoms with van der Waals surface area (Å²) >= 11 is 9.20. The summed E-state index contributed by atoms with van der Waals surface area (Å²) in [7, 11) is 0. The molecule has 0 unspecified atom stereocenters. The lowest BCUT2D eigenvalue weighted by Gasteiger charge is -2.28. The molecular formula is C25H33BrClNO5. The van der Waals surface area contributed by atoms with Gasteiger partial charge in [0.25, 0.3) is 0 Å². The van der Waals surface area contributed by atoms with E-state index in [4.69, 9.17) is 25.8 Å².